The summed E-state index contributed by atoms with van der Waals surface area (Å²) in [7, 11) is 5.42. The van der Waals surface area contributed by atoms with Crippen LogP contribution >= 0.6 is 0 Å². The molecule has 3 nitrogen and oxygen atoms in total. The Morgan fingerprint density at radius 3 is 1.48 bits per heavy atom. The Bertz CT molecular complexity index is 189. The molecular weight excluding hydrogens is 337 g/mol. The van der Waals surface area contributed by atoms with Gasteiger partial charge in [-0.3, -0.25) is 6.08 Å². The Balaban J connectivity index is -0.0000000973. The van der Waals surface area contributed by atoms with Gasteiger partial charge in [0, 0.05) is 0 Å². The van der Waals surface area contributed by atoms with Gasteiger partial charge in [0.1, 0.15) is 0 Å². The van der Waals surface area contributed by atoms with Crippen molar-refractivity contribution in [3.8, 4) is 0 Å². The molecule has 0 radical (unpaired) electrons. The summed E-state index contributed by atoms with van der Waals surface area (Å²) in [6.45, 7) is 11.1. The molecule has 0 fully saturated rings. The number of hydrogen-bond donors (Lipinski definition) is 0. The standard InChI is InChI=1S/C8H11.3C3H8N.Zr/c1-2-5-8-6-3-4-7-8;3*1-3-4-2;/h3,6H,2,4-5H2,1H3;3*3H2,1-2H3;/q4*-1;+4. The van der Waals surface area contributed by atoms with Gasteiger partial charge in [0.25, 0.3) is 0 Å². The van der Waals surface area contributed by atoms with Gasteiger partial charge in [-0.25, -0.2) is 11.6 Å². The summed E-state index contributed by atoms with van der Waals surface area (Å²) in [4.78, 5) is 0. The zero-order chi connectivity index (χ0) is 16.1. The van der Waals surface area contributed by atoms with Crippen LogP contribution in [-0.2, 0) is 26.2 Å². The van der Waals surface area contributed by atoms with E-state index in [4.69, 9.17) is 0 Å². The van der Waals surface area contributed by atoms with Gasteiger partial charge in [-0.2, -0.15) is 46.9 Å². The zero-order valence-electron chi connectivity index (χ0n) is 15.2. The topological polar surface area (TPSA) is 42.3 Å². The quantitative estimate of drug-likeness (QED) is 0.572. The van der Waals surface area contributed by atoms with Crippen LogP contribution in [0.4, 0.5) is 0 Å². The van der Waals surface area contributed by atoms with Crippen LogP contribution in [0, 0.1) is 6.08 Å². The molecule has 0 bridgehead atoms. The molecular formula is C17H35N3Zr. The maximum absolute atomic E-state index is 3.74. The SMILES string of the molecule is CCCC1=[C-]CC=C1.CC[N-]C.CC[N-]C.CC[N-]C.[Zr+4]. The molecule has 0 aromatic rings. The Hall–Kier alpha value is 0.243. The molecule has 0 atom stereocenters. The van der Waals surface area contributed by atoms with Gasteiger partial charge in [0.15, 0.2) is 0 Å². The molecule has 0 unspecified atom stereocenters. The summed E-state index contributed by atoms with van der Waals surface area (Å²) >= 11 is 0. The van der Waals surface area contributed by atoms with Crippen LogP contribution in [0.1, 0.15) is 47.0 Å². The van der Waals surface area contributed by atoms with E-state index in [1.807, 2.05) is 20.8 Å². The predicted octanol–water partition coefficient (Wildman–Crippen LogP) is 5.50. The molecule has 21 heavy (non-hydrogen) atoms. The maximum Gasteiger partial charge on any atom is 4.00 e. The van der Waals surface area contributed by atoms with Gasteiger partial charge < -0.3 is 16.0 Å². The third-order valence-electron chi connectivity index (χ3n) is 2.23. The first kappa shape index (κ1) is 29.3. The molecule has 1 rings (SSSR count). The Morgan fingerprint density at radius 1 is 0.905 bits per heavy atom. The van der Waals surface area contributed by atoms with Crippen molar-refractivity contribution in [1.82, 2.24) is 0 Å². The van der Waals surface area contributed by atoms with Crippen LogP contribution in [0.5, 0.6) is 0 Å². The molecule has 0 saturated carbocycles. The van der Waals surface area contributed by atoms with Crippen molar-refractivity contribution in [2.24, 2.45) is 0 Å². The first-order valence-corrected chi connectivity index (χ1v) is 7.61. The van der Waals surface area contributed by atoms with Crippen molar-refractivity contribution in [3.63, 3.8) is 0 Å². The molecule has 0 N–H and O–H groups in total. The van der Waals surface area contributed by atoms with Gasteiger partial charge in [-0.1, -0.05) is 40.5 Å². The van der Waals surface area contributed by atoms with E-state index < -0.39 is 0 Å². The van der Waals surface area contributed by atoms with Crippen LogP contribution < -0.4 is 0 Å². The average molecular weight is 373 g/mol. The van der Waals surface area contributed by atoms with Gasteiger partial charge >= 0.3 is 26.2 Å². The number of hydrogen-bond acceptors (Lipinski definition) is 0. The van der Waals surface area contributed by atoms with E-state index in [2.05, 4.69) is 41.1 Å². The van der Waals surface area contributed by atoms with Crippen LogP contribution in [-0.4, -0.2) is 40.8 Å². The van der Waals surface area contributed by atoms with Crippen molar-refractivity contribution in [3.05, 3.63) is 39.8 Å². The third-order valence-corrected chi connectivity index (χ3v) is 2.23. The second-order valence-electron chi connectivity index (χ2n) is 3.96. The van der Waals surface area contributed by atoms with E-state index in [0.717, 1.165) is 26.1 Å². The molecule has 1 aliphatic carbocycles. The normalized spacial score (nSPS) is 10.7. The summed E-state index contributed by atoms with van der Waals surface area (Å²) in [5.41, 5.74) is 1.40. The van der Waals surface area contributed by atoms with Crippen molar-refractivity contribution in [2.75, 3.05) is 40.8 Å². The average Bonchev–Trinajstić information content (AvgIpc) is 3.01. The number of rotatable bonds is 5. The fraction of sp³-hybridized carbons (Fsp3) is 0.765. The first-order valence-electron chi connectivity index (χ1n) is 7.61. The molecule has 0 aromatic heterocycles. The van der Waals surface area contributed by atoms with Crippen molar-refractivity contribution >= 4 is 0 Å². The van der Waals surface area contributed by atoms with E-state index in [9.17, 15) is 0 Å². The monoisotopic (exact) mass is 371 g/mol. The zero-order valence-corrected chi connectivity index (χ0v) is 17.7. The van der Waals surface area contributed by atoms with E-state index in [1.54, 1.807) is 21.1 Å². The Labute approximate surface area is 153 Å². The Morgan fingerprint density at radius 2 is 1.29 bits per heavy atom. The minimum absolute atomic E-state index is 0. The second kappa shape index (κ2) is 32.3. The van der Waals surface area contributed by atoms with E-state index in [-0.39, 0.29) is 26.2 Å². The fourth-order valence-electron chi connectivity index (χ4n) is 0.891. The van der Waals surface area contributed by atoms with Crippen LogP contribution in [0.3, 0.4) is 0 Å². The van der Waals surface area contributed by atoms with E-state index in [1.165, 1.54) is 18.4 Å². The first-order chi connectivity index (χ1) is 9.67. The largest absolute Gasteiger partial charge is 4.00 e. The van der Waals surface area contributed by atoms with E-state index >= 15 is 0 Å². The summed E-state index contributed by atoms with van der Waals surface area (Å²) < 4.78 is 0. The molecule has 0 heterocycles. The summed E-state index contributed by atoms with van der Waals surface area (Å²) in [6.07, 6.45) is 11.1. The minimum atomic E-state index is 0. The van der Waals surface area contributed by atoms with Crippen molar-refractivity contribution < 1.29 is 26.2 Å². The molecule has 4 heteroatoms. The molecule has 1 aliphatic rings. The molecule has 0 spiro atoms. The van der Waals surface area contributed by atoms with Crippen LogP contribution in [0.25, 0.3) is 16.0 Å². The van der Waals surface area contributed by atoms with E-state index in [0.29, 0.717) is 0 Å². The molecule has 0 aromatic carbocycles. The molecule has 0 aliphatic heterocycles. The van der Waals surface area contributed by atoms with Crippen LogP contribution in [0.2, 0.25) is 0 Å². The third kappa shape index (κ3) is 38.4. The summed E-state index contributed by atoms with van der Waals surface area (Å²) in [6, 6.07) is 0. The number of allylic oxidation sites excluding steroid dienone is 4. The van der Waals surface area contributed by atoms with Gasteiger partial charge in [-0.05, 0) is 0 Å². The molecule has 122 valence electrons. The minimum Gasteiger partial charge on any atom is -0.665 e. The second-order valence-corrected chi connectivity index (χ2v) is 3.96. The van der Waals surface area contributed by atoms with Gasteiger partial charge in [0.2, 0.25) is 0 Å². The van der Waals surface area contributed by atoms with Gasteiger partial charge in [-0.15, -0.1) is 6.42 Å². The van der Waals surface area contributed by atoms with Crippen molar-refractivity contribution in [2.45, 2.75) is 47.0 Å². The van der Waals surface area contributed by atoms with Crippen LogP contribution in [0.15, 0.2) is 17.7 Å². The van der Waals surface area contributed by atoms with Gasteiger partial charge in [0.05, 0.1) is 0 Å². The Kier molecular flexibility index (Phi) is 45.0. The maximum atomic E-state index is 3.74. The molecule has 0 saturated heterocycles. The fourth-order valence-corrected chi connectivity index (χ4v) is 0.891. The smallest absolute Gasteiger partial charge is 0.665 e. The summed E-state index contributed by atoms with van der Waals surface area (Å²) in [5, 5.41) is 11.2. The van der Waals surface area contributed by atoms with Crippen molar-refractivity contribution in [1.29, 1.82) is 0 Å². The predicted molar refractivity (Wildman–Crippen MR) is 94.9 cm³/mol. The number of nitrogens with zero attached hydrogens (tertiary/aromatic N) is 3. The summed E-state index contributed by atoms with van der Waals surface area (Å²) in [5.74, 6) is 0. The molecule has 0 amide bonds.